The molecule has 0 saturated heterocycles. The maximum atomic E-state index is 4.81. The highest BCUT2D eigenvalue weighted by Gasteiger charge is 2.18. The van der Waals surface area contributed by atoms with Crippen molar-refractivity contribution in [2.75, 3.05) is 0 Å². The fourth-order valence-electron chi connectivity index (χ4n) is 7.28. The molecule has 9 rings (SSSR count). The standard InChI is InChI=1S/C48H36N2S/c1-48(2,3)41-21-23-43-42-22-20-37(29-44(42)46-47(45(43)30-41)50-51-49-46)35-18-10-16-33(24-35)34-17-11-19-36(25-34)40-27-38(31-12-6-4-7-13-31)26-39(28-40)32-14-8-5-9-15-32/h4-30H,1-3H3. The van der Waals surface area contributed by atoms with Crippen LogP contribution in [0.25, 0.3) is 88.2 Å². The smallest absolute Gasteiger partial charge is 0.113 e. The van der Waals surface area contributed by atoms with Crippen molar-refractivity contribution in [3.05, 3.63) is 169 Å². The van der Waals surface area contributed by atoms with Gasteiger partial charge in [0.05, 0.1) is 11.7 Å². The van der Waals surface area contributed by atoms with Crippen LogP contribution in [0, 0.1) is 0 Å². The molecule has 2 nitrogen and oxygen atoms in total. The third kappa shape index (κ3) is 5.80. The van der Waals surface area contributed by atoms with E-state index in [1.807, 2.05) is 0 Å². The van der Waals surface area contributed by atoms with Gasteiger partial charge in [-0.2, -0.15) is 8.75 Å². The van der Waals surface area contributed by atoms with E-state index in [-0.39, 0.29) is 5.41 Å². The zero-order valence-electron chi connectivity index (χ0n) is 28.9. The number of hydrogen-bond acceptors (Lipinski definition) is 3. The maximum Gasteiger partial charge on any atom is 0.113 e. The van der Waals surface area contributed by atoms with Crippen LogP contribution >= 0.6 is 11.7 Å². The van der Waals surface area contributed by atoms with E-state index in [9.17, 15) is 0 Å². The lowest BCUT2D eigenvalue weighted by atomic mass is 9.85. The Hall–Kier alpha value is -5.90. The first-order chi connectivity index (χ1) is 24.9. The van der Waals surface area contributed by atoms with E-state index >= 15 is 0 Å². The number of fused-ring (bicyclic) bond motifs is 6. The Morgan fingerprint density at radius 1 is 0.333 bits per heavy atom. The van der Waals surface area contributed by atoms with Crippen molar-refractivity contribution in [1.29, 1.82) is 0 Å². The summed E-state index contributed by atoms with van der Waals surface area (Å²) >= 11 is 1.30. The maximum absolute atomic E-state index is 4.81. The van der Waals surface area contributed by atoms with Gasteiger partial charge in [-0.1, -0.05) is 142 Å². The molecule has 3 heteroatoms. The molecule has 0 aliphatic carbocycles. The molecule has 244 valence electrons. The summed E-state index contributed by atoms with van der Waals surface area (Å²) in [6.45, 7) is 6.77. The molecule has 0 bridgehead atoms. The fraction of sp³-hybridized carbons (Fsp3) is 0.0833. The number of benzene rings is 8. The predicted molar refractivity (Wildman–Crippen MR) is 218 cm³/mol. The second kappa shape index (κ2) is 12.5. The molecular weight excluding hydrogens is 637 g/mol. The minimum absolute atomic E-state index is 0.0601. The zero-order chi connectivity index (χ0) is 34.5. The van der Waals surface area contributed by atoms with E-state index in [1.54, 1.807) is 0 Å². The molecule has 0 spiro atoms. The van der Waals surface area contributed by atoms with Crippen molar-refractivity contribution in [3.63, 3.8) is 0 Å². The number of nitrogens with zero attached hydrogens (tertiary/aromatic N) is 2. The summed E-state index contributed by atoms with van der Waals surface area (Å²) in [5, 5.41) is 4.76. The summed E-state index contributed by atoms with van der Waals surface area (Å²) in [6.07, 6.45) is 0. The van der Waals surface area contributed by atoms with Gasteiger partial charge in [-0.15, -0.1) is 0 Å². The average Bonchev–Trinajstić information content (AvgIpc) is 3.69. The largest absolute Gasteiger partial charge is 0.172 e. The Bertz CT molecular complexity index is 2660. The topological polar surface area (TPSA) is 25.8 Å². The minimum atomic E-state index is 0.0601. The van der Waals surface area contributed by atoms with Crippen molar-refractivity contribution in [3.8, 4) is 55.6 Å². The summed E-state index contributed by atoms with van der Waals surface area (Å²) in [5.74, 6) is 0. The SMILES string of the molecule is CC(C)(C)c1ccc2c3ccc(-c4cccc(-c5cccc(-c6cc(-c7ccccc7)cc(-c7ccccc7)c6)c5)c4)cc3c3nsnc3c2c1. The summed E-state index contributed by atoms with van der Waals surface area (Å²) in [6, 6.07) is 59.7. The fourth-order valence-corrected chi connectivity index (χ4v) is 7.86. The third-order valence-electron chi connectivity index (χ3n) is 10.1. The van der Waals surface area contributed by atoms with Crippen molar-refractivity contribution in [1.82, 2.24) is 8.75 Å². The van der Waals surface area contributed by atoms with E-state index in [0.717, 1.165) is 16.4 Å². The molecule has 9 aromatic rings. The molecule has 1 aromatic heterocycles. The van der Waals surface area contributed by atoms with Crippen LogP contribution in [0.5, 0.6) is 0 Å². The molecule has 0 unspecified atom stereocenters. The van der Waals surface area contributed by atoms with Crippen LogP contribution in [0.2, 0.25) is 0 Å². The van der Waals surface area contributed by atoms with Gasteiger partial charge in [-0.25, -0.2) is 0 Å². The Labute approximate surface area is 303 Å². The second-order valence-corrected chi connectivity index (χ2v) is 15.0. The van der Waals surface area contributed by atoms with E-state index in [4.69, 9.17) is 8.75 Å². The van der Waals surface area contributed by atoms with Gasteiger partial charge in [0, 0.05) is 10.8 Å². The molecule has 0 aliphatic rings. The number of rotatable bonds is 5. The number of aromatic nitrogens is 2. The number of hydrogen-bond donors (Lipinski definition) is 0. The highest BCUT2D eigenvalue weighted by molar-refractivity contribution is 7.00. The van der Waals surface area contributed by atoms with Crippen LogP contribution in [0.3, 0.4) is 0 Å². The molecule has 0 N–H and O–H groups in total. The highest BCUT2D eigenvalue weighted by Crippen LogP contribution is 2.39. The molecule has 0 radical (unpaired) electrons. The van der Waals surface area contributed by atoms with E-state index in [0.29, 0.717) is 0 Å². The van der Waals surface area contributed by atoms with Crippen LogP contribution in [0.4, 0.5) is 0 Å². The van der Waals surface area contributed by atoms with Crippen LogP contribution < -0.4 is 0 Å². The van der Waals surface area contributed by atoms with Crippen LogP contribution in [0.15, 0.2) is 164 Å². The third-order valence-corrected chi connectivity index (χ3v) is 10.6. The van der Waals surface area contributed by atoms with E-state index in [1.165, 1.54) is 89.1 Å². The highest BCUT2D eigenvalue weighted by atomic mass is 32.1. The molecule has 8 aromatic carbocycles. The van der Waals surface area contributed by atoms with E-state index < -0.39 is 0 Å². The van der Waals surface area contributed by atoms with Gasteiger partial charge in [-0.05, 0) is 120 Å². The first kappa shape index (κ1) is 31.1. The van der Waals surface area contributed by atoms with Gasteiger partial charge in [0.25, 0.3) is 0 Å². The first-order valence-electron chi connectivity index (χ1n) is 17.5. The van der Waals surface area contributed by atoms with Gasteiger partial charge in [0.1, 0.15) is 11.0 Å². The molecule has 0 aliphatic heterocycles. The molecular formula is C48H36N2S. The Morgan fingerprint density at radius 3 is 1.24 bits per heavy atom. The molecule has 0 fully saturated rings. The molecule has 0 saturated carbocycles. The van der Waals surface area contributed by atoms with Gasteiger partial charge in [0.15, 0.2) is 0 Å². The normalized spacial score (nSPS) is 11.8. The lowest BCUT2D eigenvalue weighted by Crippen LogP contribution is -2.10. The van der Waals surface area contributed by atoms with Crippen molar-refractivity contribution in [2.45, 2.75) is 26.2 Å². The predicted octanol–water partition coefficient (Wildman–Crippen LogP) is 13.6. The van der Waals surface area contributed by atoms with E-state index in [2.05, 4.69) is 185 Å². The first-order valence-corrected chi connectivity index (χ1v) is 18.2. The molecule has 0 atom stereocenters. The monoisotopic (exact) mass is 672 g/mol. The lowest BCUT2D eigenvalue weighted by molar-refractivity contribution is 0.591. The summed E-state index contributed by atoms with van der Waals surface area (Å²) in [4.78, 5) is 0. The summed E-state index contributed by atoms with van der Waals surface area (Å²) in [5.41, 5.74) is 15.3. The summed E-state index contributed by atoms with van der Waals surface area (Å²) in [7, 11) is 0. The quantitative estimate of drug-likeness (QED) is 0.170. The minimum Gasteiger partial charge on any atom is -0.172 e. The van der Waals surface area contributed by atoms with Crippen LogP contribution in [0.1, 0.15) is 26.3 Å². The Kier molecular flexibility index (Phi) is 7.60. The van der Waals surface area contributed by atoms with Gasteiger partial charge >= 0.3 is 0 Å². The average molecular weight is 673 g/mol. The van der Waals surface area contributed by atoms with Gasteiger partial charge in [0.2, 0.25) is 0 Å². The molecule has 1 heterocycles. The summed E-state index contributed by atoms with van der Waals surface area (Å²) < 4.78 is 9.59. The Balaban J connectivity index is 1.12. The van der Waals surface area contributed by atoms with Gasteiger partial charge < -0.3 is 0 Å². The van der Waals surface area contributed by atoms with Crippen LogP contribution in [-0.4, -0.2) is 8.75 Å². The zero-order valence-corrected chi connectivity index (χ0v) is 29.7. The Morgan fingerprint density at radius 2 is 0.725 bits per heavy atom. The van der Waals surface area contributed by atoms with Gasteiger partial charge in [-0.3, -0.25) is 0 Å². The molecule has 0 amide bonds. The van der Waals surface area contributed by atoms with Crippen molar-refractivity contribution in [2.24, 2.45) is 0 Å². The second-order valence-electron chi connectivity index (χ2n) is 14.4. The lowest BCUT2D eigenvalue weighted by Gasteiger charge is -2.20. The van der Waals surface area contributed by atoms with Crippen LogP contribution in [-0.2, 0) is 5.41 Å². The van der Waals surface area contributed by atoms with Crippen molar-refractivity contribution >= 4 is 44.3 Å². The molecule has 51 heavy (non-hydrogen) atoms. The van der Waals surface area contributed by atoms with Crippen molar-refractivity contribution < 1.29 is 0 Å².